The molecule has 0 bridgehead atoms. The van der Waals surface area contributed by atoms with E-state index in [9.17, 15) is 0 Å². The zero-order chi connectivity index (χ0) is 7.28. The van der Waals surface area contributed by atoms with Gasteiger partial charge in [-0.2, -0.15) is 0 Å². The van der Waals surface area contributed by atoms with Crippen LogP contribution < -0.4 is 11.5 Å². The van der Waals surface area contributed by atoms with Crippen molar-refractivity contribution in [3.63, 3.8) is 0 Å². The summed E-state index contributed by atoms with van der Waals surface area (Å²) in [6.07, 6.45) is -0.443. The van der Waals surface area contributed by atoms with Crippen molar-refractivity contribution in [2.75, 3.05) is 0 Å². The maximum atomic E-state index is 5.27. The molecule has 0 rings (SSSR count). The van der Waals surface area contributed by atoms with Gasteiger partial charge in [-0.25, -0.2) is 0 Å². The van der Waals surface area contributed by atoms with Gasteiger partial charge < -0.3 is 0 Å². The summed E-state index contributed by atoms with van der Waals surface area (Å²) in [5.41, 5.74) is 10.5. The van der Waals surface area contributed by atoms with Crippen LogP contribution in [0.3, 0.4) is 0 Å². The van der Waals surface area contributed by atoms with Crippen molar-refractivity contribution in [3.05, 3.63) is 0 Å². The topological polar surface area (TPSA) is 70.5 Å². The fraction of sp³-hybridized carbons (Fsp3) is 1.00. The number of hydrogen-bond acceptors (Lipinski definition) is 4. The molecule has 2 atom stereocenters. The quantitative estimate of drug-likeness (QED) is 0.498. The Kier molecular flexibility index (Phi) is 5.84. The van der Waals surface area contributed by atoms with Crippen molar-refractivity contribution >= 4 is 22.5 Å². The molecule has 0 fully saturated rings. The van der Waals surface area contributed by atoms with E-state index >= 15 is 0 Å². The molecule has 0 aromatic rings. The Morgan fingerprint density at radius 2 is 1.44 bits per heavy atom. The van der Waals surface area contributed by atoms with E-state index in [1.165, 1.54) is 0 Å². The molecule has 0 heterocycles. The number of nitrogens with two attached hydrogens (primary N) is 2. The van der Waals surface area contributed by atoms with Gasteiger partial charge in [-0.3, -0.25) is 0 Å². The van der Waals surface area contributed by atoms with Crippen LogP contribution in [-0.4, -0.2) is 34.9 Å². The summed E-state index contributed by atoms with van der Waals surface area (Å²) in [4.78, 5) is 0. The predicted molar refractivity (Wildman–Crippen MR) is 35.2 cm³/mol. The van der Waals surface area contributed by atoms with Crippen LogP contribution in [0.4, 0.5) is 0 Å². The minimum absolute atomic E-state index is 0.222. The molecule has 0 saturated heterocycles. The Morgan fingerprint density at radius 1 is 1.11 bits per heavy atom. The van der Waals surface area contributed by atoms with Gasteiger partial charge in [-0.1, -0.05) is 0 Å². The van der Waals surface area contributed by atoms with E-state index in [2.05, 4.69) is 0 Å². The van der Waals surface area contributed by atoms with E-state index in [1.807, 2.05) is 0 Å². The third-order valence-corrected chi connectivity index (χ3v) is 2.81. The van der Waals surface area contributed by atoms with Crippen LogP contribution in [0.1, 0.15) is 13.8 Å². The first kappa shape index (κ1) is 9.66. The molecule has 5 heteroatoms. The van der Waals surface area contributed by atoms with Crippen LogP contribution in [0.25, 0.3) is 0 Å². The molecular weight excluding hydrogens is 230 g/mol. The molecule has 0 amide bonds. The molecular formula is C4H12N2O2Sb. The SMILES string of the molecule is CC(N)[O][Sb][O]C(C)N. The van der Waals surface area contributed by atoms with Crippen molar-refractivity contribution in [3.8, 4) is 0 Å². The van der Waals surface area contributed by atoms with Crippen LogP contribution in [0.2, 0.25) is 0 Å². The Labute approximate surface area is 66.5 Å². The van der Waals surface area contributed by atoms with Gasteiger partial charge in [0.05, 0.1) is 0 Å². The summed E-state index contributed by atoms with van der Waals surface area (Å²) >= 11 is -1.02. The third kappa shape index (κ3) is 8.66. The first-order chi connectivity index (χ1) is 4.13. The van der Waals surface area contributed by atoms with E-state index in [1.54, 1.807) is 13.8 Å². The fourth-order valence-corrected chi connectivity index (χ4v) is 1.08. The first-order valence-electron chi connectivity index (χ1n) is 2.66. The molecule has 9 heavy (non-hydrogen) atoms. The monoisotopic (exact) mass is 241 g/mol. The Balaban J connectivity index is 2.91. The van der Waals surface area contributed by atoms with E-state index in [4.69, 9.17) is 17.5 Å². The molecule has 1 radical (unpaired) electrons. The molecule has 4 nitrogen and oxygen atoms in total. The van der Waals surface area contributed by atoms with E-state index in [-0.39, 0.29) is 12.5 Å². The van der Waals surface area contributed by atoms with Gasteiger partial charge in [-0.05, 0) is 0 Å². The third-order valence-electron chi connectivity index (χ3n) is 0.419. The maximum absolute atomic E-state index is 5.27. The Hall–Kier alpha value is 0.658. The van der Waals surface area contributed by atoms with Gasteiger partial charge >= 0.3 is 66.3 Å². The second-order valence-electron chi connectivity index (χ2n) is 1.70. The second kappa shape index (κ2) is 5.44. The second-order valence-corrected chi connectivity index (χ2v) is 3.32. The van der Waals surface area contributed by atoms with Gasteiger partial charge in [0.2, 0.25) is 0 Å². The molecule has 0 aromatic heterocycles. The van der Waals surface area contributed by atoms with Crippen LogP contribution in [0.15, 0.2) is 0 Å². The van der Waals surface area contributed by atoms with Gasteiger partial charge in [0, 0.05) is 0 Å². The molecule has 2 unspecified atom stereocenters. The van der Waals surface area contributed by atoms with Crippen LogP contribution in [0, 0.1) is 0 Å². The fourth-order valence-electron chi connectivity index (χ4n) is 0.161. The van der Waals surface area contributed by atoms with E-state index in [0.717, 1.165) is 0 Å². The molecule has 0 aliphatic heterocycles. The average Bonchev–Trinajstić information content (AvgIpc) is 1.63. The summed E-state index contributed by atoms with van der Waals surface area (Å²) in [7, 11) is 0. The van der Waals surface area contributed by atoms with Crippen LogP contribution >= 0.6 is 0 Å². The van der Waals surface area contributed by atoms with Crippen molar-refractivity contribution < 1.29 is 6.03 Å². The zero-order valence-corrected chi connectivity index (χ0v) is 8.13. The summed E-state index contributed by atoms with van der Waals surface area (Å²) in [5.74, 6) is 0. The minimum atomic E-state index is -1.02. The molecule has 0 aromatic carbocycles. The van der Waals surface area contributed by atoms with Crippen molar-refractivity contribution in [1.29, 1.82) is 0 Å². The molecule has 0 aliphatic carbocycles. The van der Waals surface area contributed by atoms with Gasteiger partial charge in [0.15, 0.2) is 0 Å². The van der Waals surface area contributed by atoms with Gasteiger partial charge in [-0.15, -0.1) is 0 Å². The van der Waals surface area contributed by atoms with E-state index in [0.29, 0.717) is 0 Å². The zero-order valence-electron chi connectivity index (χ0n) is 5.57. The molecule has 0 spiro atoms. The van der Waals surface area contributed by atoms with Gasteiger partial charge in [0.1, 0.15) is 0 Å². The molecule has 55 valence electrons. The summed E-state index contributed by atoms with van der Waals surface area (Å²) in [6, 6.07) is 0. The van der Waals surface area contributed by atoms with Crippen molar-refractivity contribution in [2.24, 2.45) is 11.5 Å². The Morgan fingerprint density at radius 3 is 1.67 bits per heavy atom. The van der Waals surface area contributed by atoms with E-state index < -0.39 is 22.5 Å². The summed E-state index contributed by atoms with van der Waals surface area (Å²) in [6.45, 7) is 3.53. The van der Waals surface area contributed by atoms with Crippen molar-refractivity contribution in [2.45, 2.75) is 26.3 Å². The number of rotatable bonds is 4. The van der Waals surface area contributed by atoms with Crippen LogP contribution in [-0.2, 0) is 6.03 Å². The number of hydrogen-bond donors (Lipinski definition) is 2. The summed E-state index contributed by atoms with van der Waals surface area (Å²) < 4.78 is 9.96. The predicted octanol–water partition coefficient (Wildman–Crippen LogP) is -0.837. The first-order valence-corrected chi connectivity index (χ1v) is 4.74. The van der Waals surface area contributed by atoms with Gasteiger partial charge in [0.25, 0.3) is 0 Å². The normalized spacial score (nSPS) is 17.3. The summed E-state index contributed by atoms with van der Waals surface area (Å²) in [5, 5.41) is 0. The Bertz CT molecular complexity index is 61.6. The molecule has 0 aliphatic rings. The van der Waals surface area contributed by atoms with Crippen molar-refractivity contribution in [1.82, 2.24) is 0 Å². The van der Waals surface area contributed by atoms with Crippen LogP contribution in [0.5, 0.6) is 0 Å². The molecule has 4 N–H and O–H groups in total. The standard InChI is InChI=1S/2C2H6NO.Sb/c2*1-2(3)4;/h2*2H,3H2,1H3;/q2*-1;+2. The average molecular weight is 242 g/mol. The molecule has 0 saturated carbocycles.